The molecule has 0 fully saturated rings. The average molecular weight is 328 g/mol. The van der Waals surface area contributed by atoms with Gasteiger partial charge < -0.3 is 0 Å². The summed E-state index contributed by atoms with van der Waals surface area (Å²) in [7, 11) is -3.11. The zero-order valence-corrected chi connectivity index (χ0v) is 14.1. The summed E-state index contributed by atoms with van der Waals surface area (Å²) < 4.78 is 26.1. The molecule has 0 amide bonds. The first-order chi connectivity index (χ1) is 7.60. The van der Waals surface area contributed by atoms with Crippen LogP contribution in [0.2, 0.25) is 0 Å². The van der Waals surface area contributed by atoms with Crippen molar-refractivity contribution in [2.75, 3.05) is 17.6 Å². The third kappa shape index (κ3) is 7.42. The summed E-state index contributed by atoms with van der Waals surface area (Å²) in [6.07, 6.45) is 1.56. The van der Waals surface area contributed by atoms with Crippen molar-refractivity contribution in [3.05, 3.63) is 0 Å². The smallest absolute Gasteiger partial charge is 0.212 e. The van der Waals surface area contributed by atoms with E-state index in [0.29, 0.717) is 13.0 Å². The molecule has 3 nitrogen and oxygen atoms in total. The lowest BCUT2D eigenvalue weighted by Crippen LogP contribution is -2.40. The minimum absolute atomic E-state index is 0.0408. The molecule has 0 aliphatic heterocycles. The van der Waals surface area contributed by atoms with Gasteiger partial charge in [0, 0.05) is 17.9 Å². The van der Waals surface area contributed by atoms with Gasteiger partial charge in [-0.05, 0) is 32.1 Å². The molecule has 0 aromatic rings. The topological polar surface area (TPSA) is 37.4 Å². The molecule has 0 bridgehead atoms. The monoisotopic (exact) mass is 327 g/mol. The van der Waals surface area contributed by atoms with Crippen LogP contribution >= 0.6 is 15.9 Å². The summed E-state index contributed by atoms with van der Waals surface area (Å²) in [6, 6.07) is 0.0408. The summed E-state index contributed by atoms with van der Waals surface area (Å²) in [4.78, 5) is 0. The number of hydrogen-bond donors (Lipinski definition) is 0. The van der Waals surface area contributed by atoms with Crippen molar-refractivity contribution in [1.29, 1.82) is 0 Å². The third-order valence-electron chi connectivity index (χ3n) is 2.56. The van der Waals surface area contributed by atoms with Crippen LogP contribution in [0.3, 0.4) is 0 Å². The molecule has 0 saturated heterocycles. The molecular formula is C12H26BrNO2S. The van der Waals surface area contributed by atoms with Crippen molar-refractivity contribution < 1.29 is 8.42 Å². The van der Waals surface area contributed by atoms with Crippen molar-refractivity contribution in [3.8, 4) is 0 Å². The summed E-state index contributed by atoms with van der Waals surface area (Å²) >= 11 is 3.34. The van der Waals surface area contributed by atoms with E-state index in [0.717, 1.165) is 11.8 Å². The lowest BCUT2D eigenvalue weighted by molar-refractivity contribution is 0.344. The van der Waals surface area contributed by atoms with Crippen LogP contribution in [-0.2, 0) is 10.0 Å². The highest BCUT2D eigenvalue weighted by Gasteiger charge is 2.26. The molecule has 0 heterocycles. The van der Waals surface area contributed by atoms with E-state index < -0.39 is 10.0 Å². The second-order valence-corrected chi connectivity index (χ2v) is 8.71. The van der Waals surface area contributed by atoms with E-state index in [1.807, 2.05) is 13.8 Å². The summed E-state index contributed by atoms with van der Waals surface area (Å²) in [5.74, 6) is 0.247. The maximum absolute atomic E-state index is 12.2. The van der Waals surface area contributed by atoms with Crippen LogP contribution < -0.4 is 0 Å². The van der Waals surface area contributed by atoms with E-state index in [-0.39, 0.29) is 17.2 Å². The van der Waals surface area contributed by atoms with Crippen molar-refractivity contribution >= 4 is 26.0 Å². The van der Waals surface area contributed by atoms with Gasteiger partial charge in [-0.15, -0.1) is 0 Å². The Balaban J connectivity index is 4.61. The van der Waals surface area contributed by atoms with Crippen molar-refractivity contribution in [1.82, 2.24) is 4.31 Å². The Kier molecular flexibility index (Phi) is 7.26. The minimum atomic E-state index is -3.11. The third-order valence-corrected chi connectivity index (χ3v) is 5.15. The summed E-state index contributed by atoms with van der Waals surface area (Å²) in [5, 5.41) is 0.838. The maximum atomic E-state index is 12.2. The first-order valence-electron chi connectivity index (χ1n) is 6.15. The normalized spacial score (nSPS) is 13.6. The number of sulfonamides is 1. The van der Waals surface area contributed by atoms with Gasteiger partial charge in [-0.3, -0.25) is 0 Å². The largest absolute Gasteiger partial charge is 0.214 e. The molecular weight excluding hydrogens is 302 g/mol. The van der Waals surface area contributed by atoms with Crippen LogP contribution in [-0.4, -0.2) is 36.4 Å². The highest BCUT2D eigenvalue weighted by atomic mass is 79.9. The highest BCUT2D eigenvalue weighted by Crippen LogP contribution is 2.21. The van der Waals surface area contributed by atoms with E-state index in [2.05, 4.69) is 36.7 Å². The van der Waals surface area contributed by atoms with Gasteiger partial charge in [-0.2, -0.15) is 4.31 Å². The van der Waals surface area contributed by atoms with Crippen LogP contribution in [0.25, 0.3) is 0 Å². The molecule has 0 unspecified atom stereocenters. The van der Waals surface area contributed by atoms with E-state index in [9.17, 15) is 8.42 Å². The SMILES string of the molecule is CC(C)N(CCCBr)S(=O)(=O)CCC(C)(C)C. The van der Waals surface area contributed by atoms with Gasteiger partial charge in [0.1, 0.15) is 0 Å². The van der Waals surface area contributed by atoms with E-state index in [4.69, 9.17) is 0 Å². The molecule has 0 spiro atoms. The van der Waals surface area contributed by atoms with Crippen LogP contribution in [0.1, 0.15) is 47.5 Å². The van der Waals surface area contributed by atoms with Gasteiger partial charge in [-0.1, -0.05) is 36.7 Å². The van der Waals surface area contributed by atoms with Crippen LogP contribution in [0.5, 0.6) is 0 Å². The van der Waals surface area contributed by atoms with Crippen molar-refractivity contribution in [2.45, 2.75) is 53.5 Å². The first kappa shape index (κ1) is 17.4. The summed E-state index contributed by atoms with van der Waals surface area (Å²) in [5.41, 5.74) is 0.0607. The van der Waals surface area contributed by atoms with Crippen LogP contribution in [0.15, 0.2) is 0 Å². The average Bonchev–Trinajstić information content (AvgIpc) is 2.14. The Labute approximate surface area is 115 Å². The zero-order valence-electron chi connectivity index (χ0n) is 11.7. The molecule has 5 heteroatoms. The summed E-state index contributed by atoms with van der Waals surface area (Å²) in [6.45, 7) is 10.7. The molecule has 104 valence electrons. The van der Waals surface area contributed by atoms with E-state index in [1.54, 1.807) is 4.31 Å². The molecule has 0 radical (unpaired) electrons. The van der Waals surface area contributed by atoms with Crippen LogP contribution in [0, 0.1) is 5.41 Å². The number of nitrogens with zero attached hydrogens (tertiary/aromatic N) is 1. The fraction of sp³-hybridized carbons (Fsp3) is 1.00. The fourth-order valence-corrected chi connectivity index (χ4v) is 3.89. The Bertz CT molecular complexity index is 307. The van der Waals surface area contributed by atoms with Gasteiger partial charge in [0.15, 0.2) is 0 Å². The number of halogens is 1. The minimum Gasteiger partial charge on any atom is -0.212 e. The lowest BCUT2D eigenvalue weighted by Gasteiger charge is -2.27. The van der Waals surface area contributed by atoms with Crippen molar-refractivity contribution in [2.24, 2.45) is 5.41 Å². The Morgan fingerprint density at radius 1 is 1.24 bits per heavy atom. The Morgan fingerprint density at radius 3 is 2.12 bits per heavy atom. The Morgan fingerprint density at radius 2 is 1.76 bits per heavy atom. The second kappa shape index (κ2) is 7.10. The van der Waals surface area contributed by atoms with Crippen LogP contribution in [0.4, 0.5) is 0 Å². The fourth-order valence-electron chi connectivity index (χ4n) is 1.49. The molecule has 0 atom stereocenters. The molecule has 0 aromatic carbocycles. The van der Waals surface area contributed by atoms with Crippen molar-refractivity contribution in [3.63, 3.8) is 0 Å². The predicted molar refractivity (Wildman–Crippen MR) is 78.1 cm³/mol. The lowest BCUT2D eigenvalue weighted by atomic mass is 9.94. The standard InChI is InChI=1S/C12H26BrNO2S/c1-11(2)14(9-6-8-13)17(15,16)10-7-12(3,4)5/h11H,6-10H2,1-5H3. The number of rotatable bonds is 7. The molecule has 0 aliphatic rings. The predicted octanol–water partition coefficient (Wildman–Crippen LogP) is 3.25. The van der Waals surface area contributed by atoms with Gasteiger partial charge in [-0.25, -0.2) is 8.42 Å². The first-order valence-corrected chi connectivity index (χ1v) is 8.89. The Hall–Kier alpha value is 0.390. The van der Waals surface area contributed by atoms with Gasteiger partial charge in [0.25, 0.3) is 0 Å². The maximum Gasteiger partial charge on any atom is 0.214 e. The van der Waals surface area contributed by atoms with E-state index >= 15 is 0 Å². The molecule has 17 heavy (non-hydrogen) atoms. The zero-order chi connectivity index (χ0) is 13.7. The molecule has 0 rings (SSSR count). The molecule has 0 N–H and O–H groups in total. The molecule has 0 aliphatic carbocycles. The van der Waals surface area contributed by atoms with Gasteiger partial charge in [0.2, 0.25) is 10.0 Å². The number of alkyl halides is 1. The molecule has 0 saturated carbocycles. The number of hydrogen-bond acceptors (Lipinski definition) is 2. The quantitative estimate of drug-likeness (QED) is 0.673. The van der Waals surface area contributed by atoms with Gasteiger partial charge >= 0.3 is 0 Å². The molecule has 0 aromatic heterocycles. The van der Waals surface area contributed by atoms with E-state index in [1.165, 1.54) is 0 Å². The second-order valence-electron chi connectivity index (χ2n) is 5.87. The highest BCUT2D eigenvalue weighted by molar-refractivity contribution is 9.09. The van der Waals surface area contributed by atoms with Gasteiger partial charge in [0.05, 0.1) is 5.75 Å².